The zero-order valence-electron chi connectivity index (χ0n) is 8.33. The summed E-state index contributed by atoms with van der Waals surface area (Å²) in [5.74, 6) is 0.361. The molecule has 0 saturated carbocycles. The average Bonchev–Trinajstić information content (AvgIpc) is 2.48. The Hall–Kier alpha value is -1.31. The Morgan fingerprint density at radius 3 is 2.50 bits per heavy atom. The Labute approximate surface area is 83.9 Å². The van der Waals surface area contributed by atoms with Crippen LogP contribution >= 0.6 is 0 Å². The summed E-state index contributed by atoms with van der Waals surface area (Å²) in [5, 5.41) is 0. The van der Waals surface area contributed by atoms with Gasteiger partial charge in [0, 0.05) is 18.8 Å². The highest BCUT2D eigenvalue weighted by Gasteiger charge is 2.22. The fourth-order valence-corrected chi connectivity index (χ4v) is 1.77. The van der Waals surface area contributed by atoms with Gasteiger partial charge in [-0.05, 0) is 30.2 Å². The number of hydrogen-bond acceptors (Lipinski definition) is 1. The number of halogens is 1. The first-order valence-electron chi connectivity index (χ1n) is 4.85. The SMILES string of the molecule is C=C1CN(c2ccc(F)cc2)C[C@@H]1C. The van der Waals surface area contributed by atoms with Crippen LogP contribution in [-0.4, -0.2) is 13.1 Å². The molecule has 1 aromatic rings. The lowest BCUT2D eigenvalue weighted by molar-refractivity contribution is 0.627. The molecule has 1 fully saturated rings. The summed E-state index contributed by atoms with van der Waals surface area (Å²) in [6.07, 6.45) is 0. The molecule has 0 N–H and O–H groups in total. The fraction of sp³-hybridized carbons (Fsp3) is 0.333. The number of nitrogens with zero attached hydrogens (tertiary/aromatic N) is 1. The predicted octanol–water partition coefficient (Wildman–Crippen LogP) is 2.84. The second-order valence-electron chi connectivity index (χ2n) is 3.92. The molecule has 2 heteroatoms. The van der Waals surface area contributed by atoms with E-state index in [4.69, 9.17) is 0 Å². The third-order valence-corrected chi connectivity index (χ3v) is 2.78. The lowest BCUT2D eigenvalue weighted by Gasteiger charge is -2.17. The van der Waals surface area contributed by atoms with Gasteiger partial charge in [-0.25, -0.2) is 4.39 Å². The molecular weight excluding hydrogens is 177 g/mol. The van der Waals surface area contributed by atoms with Gasteiger partial charge >= 0.3 is 0 Å². The van der Waals surface area contributed by atoms with Crippen LogP contribution in [0.1, 0.15) is 6.92 Å². The Balaban J connectivity index is 2.17. The standard InChI is InChI=1S/C12H14FN/c1-9-7-14(8-10(9)2)12-5-3-11(13)4-6-12/h3-6,10H,1,7-8H2,2H3/t10-/m0/s1. The van der Waals surface area contributed by atoms with E-state index in [0.29, 0.717) is 5.92 Å². The van der Waals surface area contributed by atoms with Gasteiger partial charge in [-0.3, -0.25) is 0 Å². The monoisotopic (exact) mass is 191 g/mol. The Morgan fingerprint density at radius 1 is 1.36 bits per heavy atom. The summed E-state index contributed by atoms with van der Waals surface area (Å²) >= 11 is 0. The van der Waals surface area contributed by atoms with Crippen LogP contribution in [-0.2, 0) is 0 Å². The maximum Gasteiger partial charge on any atom is 0.123 e. The van der Waals surface area contributed by atoms with E-state index in [9.17, 15) is 4.39 Å². The average molecular weight is 191 g/mol. The summed E-state index contributed by atoms with van der Waals surface area (Å²) in [6, 6.07) is 6.64. The second-order valence-corrected chi connectivity index (χ2v) is 3.92. The molecule has 74 valence electrons. The van der Waals surface area contributed by atoms with E-state index in [2.05, 4.69) is 18.4 Å². The minimum Gasteiger partial charge on any atom is -0.367 e. The molecule has 0 amide bonds. The number of benzene rings is 1. The normalized spacial score (nSPS) is 21.7. The molecule has 1 saturated heterocycles. The van der Waals surface area contributed by atoms with E-state index < -0.39 is 0 Å². The third kappa shape index (κ3) is 1.65. The van der Waals surface area contributed by atoms with Crippen LogP contribution in [0.3, 0.4) is 0 Å². The minimum atomic E-state index is -0.181. The second kappa shape index (κ2) is 3.45. The van der Waals surface area contributed by atoms with Crippen molar-refractivity contribution in [2.24, 2.45) is 5.92 Å². The van der Waals surface area contributed by atoms with E-state index >= 15 is 0 Å². The van der Waals surface area contributed by atoms with Crippen molar-refractivity contribution in [3.05, 3.63) is 42.2 Å². The van der Waals surface area contributed by atoms with Gasteiger partial charge in [0.15, 0.2) is 0 Å². The van der Waals surface area contributed by atoms with Crippen LogP contribution in [0.25, 0.3) is 0 Å². The highest BCUT2D eigenvalue weighted by Crippen LogP contribution is 2.26. The molecule has 0 aliphatic carbocycles. The Kier molecular flexibility index (Phi) is 2.28. The predicted molar refractivity (Wildman–Crippen MR) is 56.9 cm³/mol. The first kappa shape index (κ1) is 9.25. The largest absolute Gasteiger partial charge is 0.367 e. The summed E-state index contributed by atoms with van der Waals surface area (Å²) in [6.45, 7) is 8.07. The number of hydrogen-bond donors (Lipinski definition) is 0. The highest BCUT2D eigenvalue weighted by molar-refractivity contribution is 5.49. The first-order chi connectivity index (χ1) is 6.66. The molecule has 1 aliphatic rings. The lowest BCUT2D eigenvalue weighted by atomic mass is 10.1. The molecule has 0 bridgehead atoms. The molecule has 1 nitrogen and oxygen atoms in total. The summed E-state index contributed by atoms with van der Waals surface area (Å²) < 4.78 is 12.7. The summed E-state index contributed by atoms with van der Waals surface area (Å²) in [5.41, 5.74) is 2.34. The molecule has 2 rings (SSSR count). The Morgan fingerprint density at radius 2 is 2.00 bits per heavy atom. The van der Waals surface area contributed by atoms with E-state index in [0.717, 1.165) is 18.8 Å². The topological polar surface area (TPSA) is 3.24 Å². The van der Waals surface area contributed by atoms with Crippen LogP contribution in [0.4, 0.5) is 10.1 Å². The van der Waals surface area contributed by atoms with Crippen LogP contribution in [0.2, 0.25) is 0 Å². The first-order valence-corrected chi connectivity index (χ1v) is 4.85. The van der Waals surface area contributed by atoms with Gasteiger partial charge in [0.2, 0.25) is 0 Å². The van der Waals surface area contributed by atoms with E-state index in [-0.39, 0.29) is 5.82 Å². The van der Waals surface area contributed by atoms with Crippen molar-refractivity contribution in [1.82, 2.24) is 0 Å². The molecular formula is C12H14FN. The van der Waals surface area contributed by atoms with Crippen molar-refractivity contribution in [2.75, 3.05) is 18.0 Å². The van der Waals surface area contributed by atoms with E-state index in [1.165, 1.54) is 17.7 Å². The molecule has 0 unspecified atom stereocenters. The van der Waals surface area contributed by atoms with Gasteiger partial charge in [-0.2, -0.15) is 0 Å². The van der Waals surface area contributed by atoms with Gasteiger partial charge < -0.3 is 4.90 Å². The number of anilines is 1. The third-order valence-electron chi connectivity index (χ3n) is 2.78. The molecule has 0 aromatic heterocycles. The van der Waals surface area contributed by atoms with Crippen molar-refractivity contribution in [1.29, 1.82) is 0 Å². The van der Waals surface area contributed by atoms with E-state index in [1.807, 2.05) is 12.1 Å². The van der Waals surface area contributed by atoms with Crippen molar-refractivity contribution in [2.45, 2.75) is 6.92 Å². The maximum atomic E-state index is 12.7. The van der Waals surface area contributed by atoms with Crippen LogP contribution in [0.15, 0.2) is 36.4 Å². The minimum absolute atomic E-state index is 0.181. The lowest BCUT2D eigenvalue weighted by Crippen LogP contribution is -2.18. The quantitative estimate of drug-likeness (QED) is 0.617. The number of rotatable bonds is 1. The molecule has 1 aromatic carbocycles. The highest BCUT2D eigenvalue weighted by atomic mass is 19.1. The van der Waals surface area contributed by atoms with Gasteiger partial charge in [0.05, 0.1) is 0 Å². The van der Waals surface area contributed by atoms with E-state index in [1.54, 1.807) is 0 Å². The van der Waals surface area contributed by atoms with Crippen LogP contribution in [0, 0.1) is 11.7 Å². The van der Waals surface area contributed by atoms with Gasteiger partial charge in [0.25, 0.3) is 0 Å². The molecule has 1 atom stereocenters. The maximum absolute atomic E-state index is 12.7. The van der Waals surface area contributed by atoms with Crippen molar-refractivity contribution in [3.8, 4) is 0 Å². The van der Waals surface area contributed by atoms with Crippen molar-refractivity contribution < 1.29 is 4.39 Å². The van der Waals surface area contributed by atoms with Crippen LogP contribution in [0.5, 0.6) is 0 Å². The molecule has 0 spiro atoms. The van der Waals surface area contributed by atoms with Gasteiger partial charge in [-0.1, -0.05) is 19.1 Å². The zero-order valence-corrected chi connectivity index (χ0v) is 8.33. The van der Waals surface area contributed by atoms with Gasteiger partial charge in [0.1, 0.15) is 5.82 Å². The Bertz CT molecular complexity index is 342. The molecule has 0 radical (unpaired) electrons. The fourth-order valence-electron chi connectivity index (χ4n) is 1.77. The summed E-state index contributed by atoms with van der Waals surface area (Å²) in [4.78, 5) is 2.23. The van der Waals surface area contributed by atoms with Crippen molar-refractivity contribution in [3.63, 3.8) is 0 Å². The molecule has 1 aliphatic heterocycles. The summed E-state index contributed by atoms with van der Waals surface area (Å²) in [7, 11) is 0. The molecule has 14 heavy (non-hydrogen) atoms. The van der Waals surface area contributed by atoms with Crippen LogP contribution < -0.4 is 4.90 Å². The zero-order chi connectivity index (χ0) is 10.1. The molecule has 1 heterocycles. The smallest absolute Gasteiger partial charge is 0.123 e. The van der Waals surface area contributed by atoms with Crippen molar-refractivity contribution >= 4 is 5.69 Å². The van der Waals surface area contributed by atoms with Gasteiger partial charge in [-0.15, -0.1) is 0 Å².